The molecule has 0 saturated carbocycles. The highest BCUT2D eigenvalue weighted by Gasteiger charge is 2.05. The number of benzene rings is 1. The monoisotopic (exact) mass is 224 g/mol. The SMILES string of the molecule is Cc1ccc2nc(-c3ccc(N)nc3)[nH]c2c1. The van der Waals surface area contributed by atoms with E-state index in [2.05, 4.69) is 27.9 Å². The minimum Gasteiger partial charge on any atom is -0.384 e. The van der Waals surface area contributed by atoms with Gasteiger partial charge in [-0.1, -0.05) is 6.07 Å². The Bertz CT molecular complexity index is 667. The number of H-pyrrole nitrogens is 1. The molecule has 0 atom stereocenters. The topological polar surface area (TPSA) is 67.6 Å². The van der Waals surface area contributed by atoms with Gasteiger partial charge in [0.1, 0.15) is 11.6 Å². The zero-order valence-corrected chi connectivity index (χ0v) is 9.44. The van der Waals surface area contributed by atoms with Crippen molar-refractivity contribution in [2.75, 3.05) is 5.73 Å². The van der Waals surface area contributed by atoms with Crippen LogP contribution in [0.2, 0.25) is 0 Å². The third-order valence-electron chi connectivity index (χ3n) is 2.70. The zero-order chi connectivity index (χ0) is 11.8. The molecule has 17 heavy (non-hydrogen) atoms. The second-order valence-corrected chi connectivity index (χ2v) is 4.08. The molecule has 3 rings (SSSR count). The first-order chi connectivity index (χ1) is 8.22. The lowest BCUT2D eigenvalue weighted by atomic mass is 10.2. The molecule has 84 valence electrons. The van der Waals surface area contributed by atoms with Gasteiger partial charge < -0.3 is 10.7 Å². The van der Waals surface area contributed by atoms with E-state index < -0.39 is 0 Å². The molecule has 0 saturated heterocycles. The summed E-state index contributed by atoms with van der Waals surface area (Å²) in [6, 6.07) is 9.82. The van der Waals surface area contributed by atoms with Crippen LogP contribution in [-0.2, 0) is 0 Å². The van der Waals surface area contributed by atoms with Gasteiger partial charge in [-0.3, -0.25) is 0 Å². The summed E-state index contributed by atoms with van der Waals surface area (Å²) >= 11 is 0. The van der Waals surface area contributed by atoms with Gasteiger partial charge in [0.2, 0.25) is 0 Å². The molecular formula is C13H12N4. The molecule has 2 aromatic heterocycles. The molecule has 0 aliphatic carbocycles. The highest BCUT2D eigenvalue weighted by Crippen LogP contribution is 2.20. The molecule has 0 radical (unpaired) electrons. The maximum Gasteiger partial charge on any atom is 0.140 e. The largest absolute Gasteiger partial charge is 0.384 e. The Morgan fingerprint density at radius 2 is 2.06 bits per heavy atom. The fraction of sp³-hybridized carbons (Fsp3) is 0.0769. The van der Waals surface area contributed by atoms with Gasteiger partial charge >= 0.3 is 0 Å². The Balaban J connectivity index is 2.14. The second kappa shape index (κ2) is 3.59. The molecule has 0 fully saturated rings. The smallest absolute Gasteiger partial charge is 0.140 e. The van der Waals surface area contributed by atoms with Crippen LogP contribution in [0, 0.1) is 6.92 Å². The number of aromatic nitrogens is 3. The molecule has 4 heteroatoms. The fourth-order valence-corrected chi connectivity index (χ4v) is 1.81. The van der Waals surface area contributed by atoms with Crippen LogP contribution in [0.25, 0.3) is 22.4 Å². The summed E-state index contributed by atoms with van der Waals surface area (Å²) in [5.74, 6) is 1.33. The van der Waals surface area contributed by atoms with Crippen molar-refractivity contribution in [3.63, 3.8) is 0 Å². The maximum atomic E-state index is 5.56. The van der Waals surface area contributed by atoms with E-state index in [1.54, 1.807) is 12.3 Å². The van der Waals surface area contributed by atoms with Gasteiger partial charge in [-0.2, -0.15) is 0 Å². The van der Waals surface area contributed by atoms with Gasteiger partial charge in [0.25, 0.3) is 0 Å². The van der Waals surface area contributed by atoms with Crippen LogP contribution in [-0.4, -0.2) is 15.0 Å². The summed E-state index contributed by atoms with van der Waals surface area (Å²) < 4.78 is 0. The zero-order valence-electron chi connectivity index (χ0n) is 9.44. The number of nitrogens with zero attached hydrogens (tertiary/aromatic N) is 2. The predicted molar refractivity (Wildman–Crippen MR) is 68.5 cm³/mol. The number of imidazole rings is 1. The predicted octanol–water partition coefficient (Wildman–Crippen LogP) is 2.52. The minimum absolute atomic E-state index is 0.515. The summed E-state index contributed by atoms with van der Waals surface area (Å²) in [6.45, 7) is 2.06. The fourth-order valence-electron chi connectivity index (χ4n) is 1.81. The standard InChI is InChI=1S/C13H12N4/c1-8-2-4-10-11(6-8)17-13(16-10)9-3-5-12(14)15-7-9/h2-7H,1H3,(H2,14,15)(H,16,17). The molecule has 3 aromatic rings. The van der Waals surface area contributed by atoms with Crippen molar-refractivity contribution in [3.05, 3.63) is 42.1 Å². The number of aromatic amines is 1. The lowest BCUT2D eigenvalue weighted by Gasteiger charge is -1.95. The Labute approximate surface area is 98.5 Å². The van der Waals surface area contributed by atoms with E-state index >= 15 is 0 Å². The van der Waals surface area contributed by atoms with Gasteiger partial charge in [-0.25, -0.2) is 9.97 Å². The maximum absolute atomic E-state index is 5.56. The van der Waals surface area contributed by atoms with Gasteiger partial charge in [-0.05, 0) is 36.8 Å². The molecule has 0 aliphatic heterocycles. The van der Waals surface area contributed by atoms with E-state index in [0.29, 0.717) is 5.82 Å². The third kappa shape index (κ3) is 1.73. The first-order valence-corrected chi connectivity index (χ1v) is 5.41. The number of nitrogen functional groups attached to an aromatic ring is 1. The van der Waals surface area contributed by atoms with Crippen LogP contribution < -0.4 is 5.73 Å². The highest BCUT2D eigenvalue weighted by atomic mass is 14.9. The molecule has 0 aliphatic rings. The second-order valence-electron chi connectivity index (χ2n) is 4.08. The number of rotatable bonds is 1. The van der Waals surface area contributed by atoms with Crippen molar-refractivity contribution in [2.24, 2.45) is 0 Å². The lowest BCUT2D eigenvalue weighted by molar-refractivity contribution is 1.28. The van der Waals surface area contributed by atoms with Crippen LogP contribution in [0.15, 0.2) is 36.5 Å². The van der Waals surface area contributed by atoms with Gasteiger partial charge in [0, 0.05) is 11.8 Å². The van der Waals surface area contributed by atoms with Crippen molar-refractivity contribution < 1.29 is 0 Å². The summed E-state index contributed by atoms with van der Waals surface area (Å²) in [5.41, 5.74) is 9.71. The summed E-state index contributed by atoms with van der Waals surface area (Å²) in [7, 11) is 0. The van der Waals surface area contributed by atoms with Crippen molar-refractivity contribution in [2.45, 2.75) is 6.92 Å². The number of aryl methyl sites for hydroxylation is 1. The highest BCUT2D eigenvalue weighted by molar-refractivity contribution is 5.79. The Kier molecular flexibility index (Phi) is 2.08. The Morgan fingerprint density at radius 1 is 1.18 bits per heavy atom. The van der Waals surface area contributed by atoms with E-state index in [9.17, 15) is 0 Å². The van der Waals surface area contributed by atoms with E-state index in [4.69, 9.17) is 5.73 Å². The Morgan fingerprint density at radius 3 is 2.82 bits per heavy atom. The van der Waals surface area contributed by atoms with Crippen LogP contribution in [0.4, 0.5) is 5.82 Å². The molecule has 0 spiro atoms. The van der Waals surface area contributed by atoms with Crippen LogP contribution in [0.5, 0.6) is 0 Å². The average Bonchev–Trinajstić information content (AvgIpc) is 2.72. The van der Waals surface area contributed by atoms with Gasteiger partial charge in [0.05, 0.1) is 11.0 Å². The molecule has 0 amide bonds. The first kappa shape index (κ1) is 9.84. The van der Waals surface area contributed by atoms with Crippen LogP contribution >= 0.6 is 0 Å². The number of nitrogens with one attached hydrogen (secondary N) is 1. The number of pyridine rings is 1. The van der Waals surface area contributed by atoms with Crippen molar-refractivity contribution in [1.82, 2.24) is 15.0 Å². The van der Waals surface area contributed by atoms with Crippen LogP contribution in [0.1, 0.15) is 5.56 Å². The van der Waals surface area contributed by atoms with E-state index in [-0.39, 0.29) is 0 Å². The molecule has 2 heterocycles. The average molecular weight is 224 g/mol. The number of hydrogen-bond donors (Lipinski definition) is 2. The molecule has 1 aromatic carbocycles. The van der Waals surface area contributed by atoms with E-state index in [0.717, 1.165) is 22.4 Å². The van der Waals surface area contributed by atoms with E-state index in [1.165, 1.54) is 5.56 Å². The lowest BCUT2D eigenvalue weighted by Crippen LogP contribution is -1.89. The molecule has 0 bridgehead atoms. The number of fused-ring (bicyclic) bond motifs is 1. The van der Waals surface area contributed by atoms with Crippen LogP contribution in [0.3, 0.4) is 0 Å². The number of nitrogens with two attached hydrogens (primary N) is 1. The third-order valence-corrected chi connectivity index (χ3v) is 2.70. The number of anilines is 1. The summed E-state index contributed by atoms with van der Waals surface area (Å²) in [4.78, 5) is 11.9. The normalized spacial score (nSPS) is 10.9. The molecule has 4 nitrogen and oxygen atoms in total. The van der Waals surface area contributed by atoms with Gasteiger partial charge in [-0.15, -0.1) is 0 Å². The first-order valence-electron chi connectivity index (χ1n) is 5.41. The van der Waals surface area contributed by atoms with Crippen molar-refractivity contribution in [1.29, 1.82) is 0 Å². The minimum atomic E-state index is 0.515. The van der Waals surface area contributed by atoms with Crippen molar-refractivity contribution in [3.8, 4) is 11.4 Å². The Hall–Kier alpha value is -2.36. The molecule has 0 unspecified atom stereocenters. The molecule has 3 N–H and O–H groups in total. The number of hydrogen-bond acceptors (Lipinski definition) is 3. The van der Waals surface area contributed by atoms with Gasteiger partial charge in [0.15, 0.2) is 0 Å². The summed E-state index contributed by atoms with van der Waals surface area (Å²) in [6.07, 6.45) is 1.72. The van der Waals surface area contributed by atoms with E-state index in [1.807, 2.05) is 18.2 Å². The molecular weight excluding hydrogens is 212 g/mol. The van der Waals surface area contributed by atoms with Crippen molar-refractivity contribution >= 4 is 16.9 Å². The quantitative estimate of drug-likeness (QED) is 0.667. The summed E-state index contributed by atoms with van der Waals surface area (Å²) in [5, 5.41) is 0.